The fourth-order valence-corrected chi connectivity index (χ4v) is 2.75. The van der Waals surface area contributed by atoms with Crippen LogP contribution >= 0.6 is 0 Å². The van der Waals surface area contributed by atoms with Gasteiger partial charge in [0, 0.05) is 32.7 Å². The molecule has 2 fully saturated rings. The van der Waals surface area contributed by atoms with Gasteiger partial charge in [-0.1, -0.05) is 0 Å². The van der Waals surface area contributed by atoms with Crippen LogP contribution in [0.5, 0.6) is 0 Å². The highest BCUT2D eigenvalue weighted by atomic mass is 16.6. The summed E-state index contributed by atoms with van der Waals surface area (Å²) < 4.78 is 16.3. The van der Waals surface area contributed by atoms with Crippen molar-refractivity contribution in [3.8, 4) is 0 Å². The van der Waals surface area contributed by atoms with Gasteiger partial charge in [-0.05, 0) is 12.1 Å². The summed E-state index contributed by atoms with van der Waals surface area (Å²) in [6.07, 6.45) is 1.77. The van der Waals surface area contributed by atoms with Crippen molar-refractivity contribution >= 4 is 6.03 Å². The number of amides is 2. The molecule has 1 aromatic heterocycles. The van der Waals surface area contributed by atoms with Crippen LogP contribution in [-0.4, -0.2) is 74.5 Å². The number of carbonyl (C=O) groups is 1. The minimum absolute atomic E-state index is 0.0340. The van der Waals surface area contributed by atoms with E-state index < -0.39 is 0 Å². The normalized spacial score (nSPS) is 23.5. The van der Waals surface area contributed by atoms with Crippen LogP contribution in [0.3, 0.4) is 0 Å². The smallest absolute Gasteiger partial charge is 0.317 e. The molecule has 2 aliphatic rings. The Bertz CT molecular complexity index is 451. The summed E-state index contributed by atoms with van der Waals surface area (Å²) in [5.41, 5.74) is 0. The van der Waals surface area contributed by atoms with Crippen LogP contribution < -0.4 is 5.32 Å². The first-order valence-electron chi connectivity index (χ1n) is 7.78. The number of urea groups is 1. The largest absolute Gasteiger partial charge is 0.467 e. The maximum absolute atomic E-state index is 12.1. The van der Waals surface area contributed by atoms with E-state index in [4.69, 9.17) is 13.9 Å². The van der Waals surface area contributed by atoms with Crippen molar-refractivity contribution in [3.05, 3.63) is 24.2 Å². The molecule has 2 saturated heterocycles. The van der Waals surface area contributed by atoms with Crippen molar-refractivity contribution in [1.82, 2.24) is 15.1 Å². The molecule has 2 amide bonds. The van der Waals surface area contributed by atoms with Crippen LogP contribution in [0, 0.1) is 0 Å². The average molecular weight is 309 g/mol. The number of rotatable bonds is 4. The Kier molecular flexibility index (Phi) is 5.31. The predicted molar refractivity (Wildman–Crippen MR) is 79.5 cm³/mol. The molecular weight excluding hydrogens is 286 g/mol. The van der Waals surface area contributed by atoms with E-state index >= 15 is 0 Å². The lowest BCUT2D eigenvalue weighted by Crippen LogP contribution is -2.53. The molecular formula is C15H23N3O4. The van der Waals surface area contributed by atoms with Gasteiger partial charge in [0.2, 0.25) is 0 Å². The summed E-state index contributed by atoms with van der Waals surface area (Å²) in [4.78, 5) is 16.3. The summed E-state index contributed by atoms with van der Waals surface area (Å²) in [5, 5.41) is 2.88. The average Bonchev–Trinajstić information content (AvgIpc) is 3.08. The standard InChI is InChI=1S/C15H23N3O4/c19-15(16-10-13-2-1-7-21-13)18-5-3-17(4-6-18)11-14-12-20-8-9-22-14/h1-2,7,14H,3-6,8-12H2,(H,16,19). The van der Waals surface area contributed by atoms with Gasteiger partial charge in [0.15, 0.2) is 0 Å². The fourth-order valence-electron chi connectivity index (χ4n) is 2.75. The number of piperazine rings is 1. The van der Waals surface area contributed by atoms with E-state index in [9.17, 15) is 4.79 Å². The van der Waals surface area contributed by atoms with Gasteiger partial charge in [-0.2, -0.15) is 0 Å². The molecule has 1 unspecified atom stereocenters. The molecule has 3 rings (SSSR count). The van der Waals surface area contributed by atoms with Crippen molar-refractivity contribution in [1.29, 1.82) is 0 Å². The molecule has 1 atom stereocenters. The third-order valence-corrected chi connectivity index (χ3v) is 4.00. The number of furan rings is 1. The predicted octanol–water partition coefficient (Wildman–Crippen LogP) is 0.522. The Morgan fingerprint density at radius 3 is 2.82 bits per heavy atom. The van der Waals surface area contributed by atoms with Crippen LogP contribution in [0.4, 0.5) is 4.79 Å². The molecule has 122 valence electrons. The number of hydrogen-bond acceptors (Lipinski definition) is 5. The van der Waals surface area contributed by atoms with Gasteiger partial charge in [0.1, 0.15) is 5.76 Å². The van der Waals surface area contributed by atoms with E-state index in [0.29, 0.717) is 26.4 Å². The first kappa shape index (κ1) is 15.3. The summed E-state index contributed by atoms with van der Waals surface area (Å²) in [7, 11) is 0. The Hall–Kier alpha value is -1.57. The Morgan fingerprint density at radius 2 is 2.14 bits per heavy atom. The van der Waals surface area contributed by atoms with Crippen molar-refractivity contribution in [2.45, 2.75) is 12.6 Å². The molecule has 7 nitrogen and oxygen atoms in total. The number of nitrogens with zero attached hydrogens (tertiary/aromatic N) is 2. The van der Waals surface area contributed by atoms with Gasteiger partial charge < -0.3 is 24.1 Å². The number of ether oxygens (including phenoxy) is 2. The van der Waals surface area contributed by atoms with Gasteiger partial charge in [0.25, 0.3) is 0 Å². The Labute approximate surface area is 130 Å². The number of nitrogens with one attached hydrogen (secondary N) is 1. The second-order valence-electron chi connectivity index (χ2n) is 5.59. The minimum atomic E-state index is -0.0340. The van der Waals surface area contributed by atoms with E-state index in [1.165, 1.54) is 0 Å². The molecule has 22 heavy (non-hydrogen) atoms. The van der Waals surface area contributed by atoms with E-state index in [-0.39, 0.29) is 12.1 Å². The zero-order valence-corrected chi connectivity index (χ0v) is 12.7. The van der Waals surface area contributed by atoms with E-state index in [1.807, 2.05) is 17.0 Å². The second kappa shape index (κ2) is 7.62. The molecule has 0 aromatic carbocycles. The highest BCUT2D eigenvalue weighted by molar-refractivity contribution is 5.74. The molecule has 0 saturated carbocycles. The van der Waals surface area contributed by atoms with Crippen molar-refractivity contribution in [3.63, 3.8) is 0 Å². The third-order valence-electron chi connectivity index (χ3n) is 4.00. The van der Waals surface area contributed by atoms with Gasteiger partial charge in [-0.25, -0.2) is 4.79 Å². The maximum Gasteiger partial charge on any atom is 0.317 e. The Morgan fingerprint density at radius 1 is 1.27 bits per heavy atom. The molecule has 1 aromatic rings. The molecule has 7 heteroatoms. The highest BCUT2D eigenvalue weighted by Crippen LogP contribution is 2.08. The second-order valence-corrected chi connectivity index (χ2v) is 5.59. The minimum Gasteiger partial charge on any atom is -0.467 e. The van der Waals surface area contributed by atoms with Gasteiger partial charge in [-0.3, -0.25) is 4.90 Å². The van der Waals surface area contributed by atoms with Crippen LogP contribution in [0.2, 0.25) is 0 Å². The van der Waals surface area contributed by atoms with Crippen LogP contribution in [0.1, 0.15) is 5.76 Å². The third kappa shape index (κ3) is 4.22. The highest BCUT2D eigenvalue weighted by Gasteiger charge is 2.24. The zero-order valence-electron chi connectivity index (χ0n) is 12.7. The summed E-state index contributed by atoms with van der Waals surface area (Å²) >= 11 is 0. The molecule has 3 heterocycles. The van der Waals surface area contributed by atoms with Crippen molar-refractivity contribution in [2.24, 2.45) is 0 Å². The van der Waals surface area contributed by atoms with E-state index in [0.717, 1.165) is 38.5 Å². The first-order valence-corrected chi connectivity index (χ1v) is 7.78. The Balaban J connectivity index is 1.36. The molecule has 0 radical (unpaired) electrons. The molecule has 0 aliphatic carbocycles. The lowest BCUT2D eigenvalue weighted by atomic mass is 10.2. The molecule has 1 N–H and O–H groups in total. The van der Waals surface area contributed by atoms with Crippen LogP contribution in [0.25, 0.3) is 0 Å². The summed E-state index contributed by atoms with van der Waals surface area (Å²) in [6.45, 7) is 6.56. The topological polar surface area (TPSA) is 67.2 Å². The number of carbonyl (C=O) groups excluding carboxylic acids is 1. The SMILES string of the molecule is O=C(NCc1ccco1)N1CCN(CC2COCCO2)CC1. The first-order chi connectivity index (χ1) is 10.8. The summed E-state index contributed by atoms with van der Waals surface area (Å²) in [6, 6.07) is 3.63. The van der Waals surface area contributed by atoms with Gasteiger partial charge >= 0.3 is 6.03 Å². The lowest BCUT2D eigenvalue weighted by Gasteiger charge is -2.36. The zero-order chi connectivity index (χ0) is 15.2. The fraction of sp³-hybridized carbons (Fsp3) is 0.667. The number of hydrogen-bond donors (Lipinski definition) is 1. The molecule has 0 spiro atoms. The van der Waals surface area contributed by atoms with Crippen LogP contribution in [0.15, 0.2) is 22.8 Å². The van der Waals surface area contributed by atoms with Crippen LogP contribution in [-0.2, 0) is 16.0 Å². The van der Waals surface area contributed by atoms with Crippen molar-refractivity contribution in [2.75, 3.05) is 52.5 Å². The van der Waals surface area contributed by atoms with Gasteiger partial charge in [0.05, 0.1) is 38.7 Å². The van der Waals surface area contributed by atoms with E-state index in [1.54, 1.807) is 6.26 Å². The molecule has 0 bridgehead atoms. The summed E-state index contributed by atoms with van der Waals surface area (Å²) in [5.74, 6) is 0.765. The molecule has 2 aliphatic heterocycles. The lowest BCUT2D eigenvalue weighted by molar-refractivity contribution is -0.0993. The van der Waals surface area contributed by atoms with Gasteiger partial charge in [-0.15, -0.1) is 0 Å². The maximum atomic E-state index is 12.1. The monoisotopic (exact) mass is 309 g/mol. The quantitative estimate of drug-likeness (QED) is 0.878. The van der Waals surface area contributed by atoms with Crippen molar-refractivity contribution < 1.29 is 18.7 Å². The van der Waals surface area contributed by atoms with E-state index in [2.05, 4.69) is 10.2 Å².